The maximum Gasteiger partial charge on any atom is 0.338 e. The van der Waals surface area contributed by atoms with Gasteiger partial charge in [0.2, 0.25) is 0 Å². The van der Waals surface area contributed by atoms with E-state index in [0.29, 0.717) is 5.56 Å². The lowest BCUT2D eigenvalue weighted by atomic mass is 9.87. The van der Waals surface area contributed by atoms with Crippen molar-refractivity contribution in [3.05, 3.63) is 35.4 Å². The van der Waals surface area contributed by atoms with Gasteiger partial charge in [0.1, 0.15) is 0 Å². The Bertz CT molecular complexity index is 486. The summed E-state index contributed by atoms with van der Waals surface area (Å²) >= 11 is 0. The topological polar surface area (TPSA) is 55.4 Å². The van der Waals surface area contributed by atoms with Gasteiger partial charge in [-0.1, -0.05) is 39.8 Å². The molecule has 0 aromatic heterocycles. The highest BCUT2D eigenvalue weighted by Gasteiger charge is 2.15. The molecule has 0 heterocycles. The molecule has 1 aromatic rings. The molecule has 0 aliphatic rings. The smallest absolute Gasteiger partial charge is 0.338 e. The fourth-order valence-electron chi connectivity index (χ4n) is 1.74. The van der Waals surface area contributed by atoms with Crippen LogP contribution in [0.15, 0.2) is 24.3 Å². The van der Waals surface area contributed by atoms with E-state index in [-0.39, 0.29) is 24.0 Å². The van der Waals surface area contributed by atoms with Gasteiger partial charge in [0.05, 0.1) is 5.56 Å². The van der Waals surface area contributed by atoms with Gasteiger partial charge in [-0.15, -0.1) is 0 Å². The first-order valence-corrected chi connectivity index (χ1v) is 7.31. The van der Waals surface area contributed by atoms with Crippen LogP contribution in [0.25, 0.3) is 0 Å². The number of amides is 1. The zero-order chi connectivity index (χ0) is 16.0. The summed E-state index contributed by atoms with van der Waals surface area (Å²) in [5, 5.41) is 2.75. The molecule has 0 bridgehead atoms. The van der Waals surface area contributed by atoms with E-state index in [1.165, 1.54) is 0 Å². The van der Waals surface area contributed by atoms with Crippen molar-refractivity contribution in [1.29, 1.82) is 0 Å². The van der Waals surface area contributed by atoms with Crippen LogP contribution in [0.3, 0.4) is 0 Å². The van der Waals surface area contributed by atoms with Crippen LogP contribution in [0.4, 0.5) is 0 Å². The molecule has 1 rings (SSSR count). The highest BCUT2D eigenvalue weighted by molar-refractivity contribution is 5.91. The second-order valence-electron chi connectivity index (χ2n) is 6.28. The largest absolute Gasteiger partial charge is 0.452 e. The fourth-order valence-corrected chi connectivity index (χ4v) is 1.74. The Hall–Kier alpha value is -1.84. The zero-order valence-corrected chi connectivity index (χ0v) is 13.5. The first-order valence-electron chi connectivity index (χ1n) is 7.31. The quantitative estimate of drug-likeness (QED) is 0.848. The highest BCUT2D eigenvalue weighted by Crippen LogP contribution is 2.22. The van der Waals surface area contributed by atoms with E-state index in [0.717, 1.165) is 12.0 Å². The molecule has 1 aromatic carbocycles. The van der Waals surface area contributed by atoms with Gasteiger partial charge in [-0.2, -0.15) is 0 Å². The van der Waals surface area contributed by atoms with E-state index < -0.39 is 5.97 Å². The minimum absolute atomic E-state index is 0.0403. The number of esters is 1. The summed E-state index contributed by atoms with van der Waals surface area (Å²) in [7, 11) is 0. The minimum atomic E-state index is -0.477. The molecule has 116 valence electrons. The van der Waals surface area contributed by atoms with Crippen molar-refractivity contribution in [2.45, 2.75) is 52.5 Å². The average Bonchev–Trinajstić information content (AvgIpc) is 2.43. The number of hydrogen-bond donors (Lipinski definition) is 1. The van der Waals surface area contributed by atoms with Crippen LogP contribution < -0.4 is 5.32 Å². The molecule has 0 radical (unpaired) electrons. The molecule has 0 aliphatic carbocycles. The van der Waals surface area contributed by atoms with Crippen molar-refractivity contribution in [1.82, 2.24) is 5.32 Å². The van der Waals surface area contributed by atoms with E-state index in [9.17, 15) is 9.59 Å². The number of nitrogens with one attached hydrogen (secondary N) is 1. The molecule has 0 saturated carbocycles. The number of ether oxygens (including phenoxy) is 1. The lowest BCUT2D eigenvalue weighted by Gasteiger charge is -2.19. The second-order valence-corrected chi connectivity index (χ2v) is 6.28. The van der Waals surface area contributed by atoms with Crippen LogP contribution in [-0.4, -0.2) is 24.5 Å². The highest BCUT2D eigenvalue weighted by atomic mass is 16.5. The lowest BCUT2D eigenvalue weighted by Crippen LogP contribution is -2.35. The van der Waals surface area contributed by atoms with Gasteiger partial charge in [-0.05, 0) is 36.5 Å². The molecule has 0 saturated heterocycles. The molecule has 21 heavy (non-hydrogen) atoms. The molecular weight excluding hydrogens is 266 g/mol. The first kappa shape index (κ1) is 17.2. The van der Waals surface area contributed by atoms with Crippen LogP contribution in [0.2, 0.25) is 0 Å². The predicted molar refractivity (Wildman–Crippen MR) is 83.3 cm³/mol. The summed E-state index contributed by atoms with van der Waals surface area (Å²) in [6, 6.07) is 7.37. The Kier molecular flexibility index (Phi) is 5.94. The van der Waals surface area contributed by atoms with Gasteiger partial charge in [-0.25, -0.2) is 4.79 Å². The van der Waals surface area contributed by atoms with Crippen molar-refractivity contribution >= 4 is 11.9 Å². The lowest BCUT2D eigenvalue weighted by molar-refractivity contribution is -0.124. The molecule has 0 unspecified atom stereocenters. The molecule has 0 spiro atoms. The molecule has 1 atom stereocenters. The predicted octanol–water partition coefficient (Wildman–Crippen LogP) is 3.06. The molecule has 0 fully saturated rings. The van der Waals surface area contributed by atoms with E-state index in [4.69, 9.17) is 4.74 Å². The van der Waals surface area contributed by atoms with Gasteiger partial charge in [0, 0.05) is 6.04 Å². The second kappa shape index (κ2) is 7.25. The normalized spacial score (nSPS) is 12.6. The third kappa shape index (κ3) is 5.58. The van der Waals surface area contributed by atoms with Crippen molar-refractivity contribution in [2.24, 2.45) is 0 Å². The Morgan fingerprint density at radius 1 is 1.19 bits per heavy atom. The molecule has 1 N–H and O–H groups in total. The number of rotatable bonds is 5. The van der Waals surface area contributed by atoms with Crippen molar-refractivity contribution < 1.29 is 14.3 Å². The third-order valence-corrected chi connectivity index (χ3v) is 3.34. The first-order chi connectivity index (χ1) is 9.74. The van der Waals surface area contributed by atoms with Gasteiger partial charge < -0.3 is 10.1 Å². The third-order valence-electron chi connectivity index (χ3n) is 3.34. The Morgan fingerprint density at radius 2 is 1.76 bits per heavy atom. The molecule has 0 aliphatic heterocycles. The van der Waals surface area contributed by atoms with Gasteiger partial charge in [0.25, 0.3) is 5.91 Å². The van der Waals surface area contributed by atoms with E-state index in [1.54, 1.807) is 12.1 Å². The molecule has 4 nitrogen and oxygen atoms in total. The number of carbonyl (C=O) groups excluding carboxylic acids is 2. The molecule has 4 heteroatoms. The van der Waals surface area contributed by atoms with Gasteiger partial charge in [0.15, 0.2) is 6.61 Å². The van der Waals surface area contributed by atoms with Crippen LogP contribution in [0, 0.1) is 0 Å². The summed E-state index contributed by atoms with van der Waals surface area (Å²) in [6.07, 6.45) is 0.841. The Labute approximate surface area is 126 Å². The van der Waals surface area contributed by atoms with Crippen molar-refractivity contribution in [3.8, 4) is 0 Å². The summed E-state index contributed by atoms with van der Waals surface area (Å²) in [6.45, 7) is 9.97. The van der Waals surface area contributed by atoms with E-state index in [2.05, 4.69) is 26.1 Å². The standard InChI is InChI=1S/C17H25NO3/c1-6-12(2)18-15(19)11-21-16(20)13-7-9-14(10-8-13)17(3,4)5/h7-10,12H,6,11H2,1-5H3,(H,18,19)/t12-/m0/s1. The average molecular weight is 291 g/mol. The Balaban J connectivity index is 2.55. The summed E-state index contributed by atoms with van der Waals surface area (Å²) in [5.41, 5.74) is 1.64. The number of hydrogen-bond acceptors (Lipinski definition) is 3. The van der Waals surface area contributed by atoms with Gasteiger partial charge >= 0.3 is 5.97 Å². The zero-order valence-electron chi connectivity index (χ0n) is 13.5. The summed E-state index contributed by atoms with van der Waals surface area (Å²) in [5.74, 6) is -0.751. The maximum absolute atomic E-state index is 11.9. The summed E-state index contributed by atoms with van der Waals surface area (Å²) < 4.78 is 5.01. The fraction of sp³-hybridized carbons (Fsp3) is 0.529. The summed E-state index contributed by atoms with van der Waals surface area (Å²) in [4.78, 5) is 23.4. The van der Waals surface area contributed by atoms with Crippen molar-refractivity contribution in [2.75, 3.05) is 6.61 Å². The Morgan fingerprint density at radius 3 is 2.24 bits per heavy atom. The monoisotopic (exact) mass is 291 g/mol. The number of carbonyl (C=O) groups is 2. The van der Waals surface area contributed by atoms with Gasteiger partial charge in [-0.3, -0.25) is 4.79 Å². The van der Waals surface area contributed by atoms with Crippen LogP contribution >= 0.6 is 0 Å². The maximum atomic E-state index is 11.9. The van der Waals surface area contributed by atoms with Crippen LogP contribution in [0.5, 0.6) is 0 Å². The van der Waals surface area contributed by atoms with Crippen molar-refractivity contribution in [3.63, 3.8) is 0 Å². The van der Waals surface area contributed by atoms with Crippen LogP contribution in [0.1, 0.15) is 57.0 Å². The SMILES string of the molecule is CC[C@H](C)NC(=O)COC(=O)c1ccc(C(C)(C)C)cc1. The minimum Gasteiger partial charge on any atom is -0.452 e. The molecular formula is C17H25NO3. The van der Waals surface area contributed by atoms with Crippen LogP contribution in [-0.2, 0) is 14.9 Å². The van der Waals surface area contributed by atoms with E-state index in [1.807, 2.05) is 26.0 Å². The van der Waals surface area contributed by atoms with E-state index >= 15 is 0 Å². The molecule has 1 amide bonds. The number of benzene rings is 1.